The van der Waals surface area contributed by atoms with Crippen LogP contribution in [0.1, 0.15) is 12.5 Å². The average molecular weight is 247 g/mol. The fraction of sp³-hybridized carbons (Fsp3) is 0.250. The van der Waals surface area contributed by atoms with Gasteiger partial charge in [0.1, 0.15) is 5.82 Å². The summed E-state index contributed by atoms with van der Waals surface area (Å²) in [6.45, 7) is 1.91. The van der Waals surface area contributed by atoms with Gasteiger partial charge in [-0.15, -0.1) is 0 Å². The molecule has 0 saturated heterocycles. The Morgan fingerprint density at radius 2 is 2.08 bits per heavy atom. The fourth-order valence-electron chi connectivity index (χ4n) is 1.12. The third-order valence-corrected chi connectivity index (χ3v) is 2.78. The summed E-state index contributed by atoms with van der Waals surface area (Å²) < 4.78 is 13.5. The first-order chi connectivity index (χ1) is 6.07. The van der Waals surface area contributed by atoms with Crippen molar-refractivity contribution in [2.75, 3.05) is 0 Å². The van der Waals surface area contributed by atoms with Crippen LogP contribution in [-0.2, 0) is 6.42 Å². The van der Waals surface area contributed by atoms with E-state index in [1.165, 1.54) is 6.07 Å². The Labute approximate surface area is 84.7 Å². The molecule has 2 nitrogen and oxygen atoms in total. The highest BCUT2D eigenvalue weighted by Gasteiger charge is 2.21. The van der Waals surface area contributed by atoms with Gasteiger partial charge in [0.25, 0.3) is 0 Å². The molecule has 13 heavy (non-hydrogen) atoms. The van der Waals surface area contributed by atoms with Crippen molar-refractivity contribution in [3.63, 3.8) is 0 Å². The summed E-state index contributed by atoms with van der Waals surface area (Å²) in [6.07, 6.45) is 0.709. The van der Waals surface area contributed by atoms with Crippen LogP contribution >= 0.6 is 15.9 Å². The maximum Gasteiger partial charge on any atom is 0.492 e. The Morgan fingerprint density at radius 1 is 1.46 bits per heavy atom. The molecule has 0 aliphatic rings. The van der Waals surface area contributed by atoms with Crippen molar-refractivity contribution in [1.29, 1.82) is 0 Å². The van der Waals surface area contributed by atoms with E-state index in [-0.39, 0.29) is 5.46 Å². The Balaban J connectivity index is 3.30. The summed E-state index contributed by atoms with van der Waals surface area (Å²) in [5.41, 5.74) is 0.754. The second kappa shape index (κ2) is 4.22. The number of halogens is 2. The molecule has 0 saturated carbocycles. The van der Waals surface area contributed by atoms with Crippen molar-refractivity contribution >= 4 is 28.5 Å². The smallest absolute Gasteiger partial charge is 0.423 e. The van der Waals surface area contributed by atoms with Crippen LogP contribution in [0.3, 0.4) is 0 Å². The van der Waals surface area contributed by atoms with E-state index in [9.17, 15) is 4.39 Å². The molecule has 0 fully saturated rings. The molecule has 0 aliphatic heterocycles. The van der Waals surface area contributed by atoms with Crippen LogP contribution in [0.4, 0.5) is 4.39 Å². The minimum absolute atomic E-state index is 0.0978. The van der Waals surface area contributed by atoms with Crippen molar-refractivity contribution in [2.24, 2.45) is 0 Å². The number of aryl methyl sites for hydroxylation is 1. The molecule has 0 atom stereocenters. The van der Waals surface area contributed by atoms with Gasteiger partial charge in [-0.25, -0.2) is 4.39 Å². The lowest BCUT2D eigenvalue weighted by atomic mass is 9.79. The summed E-state index contributed by atoms with van der Waals surface area (Å²) in [5.74, 6) is -0.612. The van der Waals surface area contributed by atoms with Crippen LogP contribution in [-0.4, -0.2) is 17.2 Å². The van der Waals surface area contributed by atoms with Gasteiger partial charge >= 0.3 is 7.12 Å². The van der Waals surface area contributed by atoms with Gasteiger partial charge in [-0.1, -0.05) is 28.9 Å². The summed E-state index contributed by atoms with van der Waals surface area (Å²) in [5, 5.41) is 17.8. The van der Waals surface area contributed by atoms with Gasteiger partial charge in [-0.2, -0.15) is 0 Å². The van der Waals surface area contributed by atoms with Crippen molar-refractivity contribution in [3.05, 3.63) is 28.0 Å². The third kappa shape index (κ3) is 2.10. The molecular formula is C8H9BBrFO2. The minimum Gasteiger partial charge on any atom is -0.423 e. The molecule has 0 heterocycles. The van der Waals surface area contributed by atoms with E-state index in [2.05, 4.69) is 15.9 Å². The van der Waals surface area contributed by atoms with E-state index in [0.29, 0.717) is 10.9 Å². The first kappa shape index (κ1) is 10.7. The predicted octanol–water partition coefficient (Wildman–Crippen LogP) is 0.830. The maximum atomic E-state index is 13.1. The van der Waals surface area contributed by atoms with Crippen LogP contribution in [0.5, 0.6) is 0 Å². The van der Waals surface area contributed by atoms with Crippen molar-refractivity contribution in [3.8, 4) is 0 Å². The van der Waals surface area contributed by atoms with Crippen LogP contribution < -0.4 is 5.46 Å². The molecule has 0 aliphatic carbocycles. The molecule has 2 N–H and O–H groups in total. The zero-order chi connectivity index (χ0) is 10.0. The Bertz CT molecular complexity index is 317. The lowest BCUT2D eigenvalue weighted by Crippen LogP contribution is -2.34. The number of hydrogen-bond donors (Lipinski definition) is 2. The summed E-state index contributed by atoms with van der Waals surface area (Å²) in [7, 11) is -1.78. The topological polar surface area (TPSA) is 40.5 Å². The molecule has 70 valence electrons. The molecule has 0 aromatic heterocycles. The van der Waals surface area contributed by atoms with Gasteiger partial charge in [0.15, 0.2) is 0 Å². The molecule has 1 rings (SSSR count). The van der Waals surface area contributed by atoms with Crippen LogP contribution in [0.15, 0.2) is 16.6 Å². The molecule has 0 radical (unpaired) electrons. The van der Waals surface area contributed by atoms with E-state index >= 15 is 0 Å². The second-order valence-electron chi connectivity index (χ2n) is 2.66. The summed E-state index contributed by atoms with van der Waals surface area (Å²) >= 11 is 3.13. The summed E-state index contributed by atoms with van der Waals surface area (Å²) in [6, 6.07) is 2.85. The standard InChI is InChI=1S/C8H9BBrFO2/c1-2-5-3-4-6(11)7(8(5)10)9(12)13/h3-4,12-13H,2H2,1H3. The molecule has 0 unspecified atom stereocenters. The number of rotatable bonds is 2. The zero-order valence-electron chi connectivity index (χ0n) is 7.09. The predicted molar refractivity (Wildman–Crippen MR) is 53.3 cm³/mol. The normalized spacial score (nSPS) is 10.2. The van der Waals surface area contributed by atoms with E-state index < -0.39 is 12.9 Å². The Hall–Kier alpha value is -0.385. The zero-order valence-corrected chi connectivity index (χ0v) is 8.68. The highest BCUT2D eigenvalue weighted by atomic mass is 79.9. The van der Waals surface area contributed by atoms with E-state index in [0.717, 1.165) is 5.56 Å². The molecule has 1 aromatic rings. The fourth-order valence-corrected chi connectivity index (χ4v) is 1.93. The summed E-state index contributed by atoms with van der Waals surface area (Å²) in [4.78, 5) is 0. The SMILES string of the molecule is CCc1ccc(F)c(B(O)O)c1Br. The van der Waals surface area contributed by atoms with Gasteiger partial charge in [-0.05, 0) is 18.1 Å². The lowest BCUT2D eigenvalue weighted by molar-refractivity contribution is 0.422. The Kier molecular flexibility index (Phi) is 3.47. The largest absolute Gasteiger partial charge is 0.492 e. The molecule has 1 aromatic carbocycles. The van der Waals surface area contributed by atoms with Crippen molar-refractivity contribution < 1.29 is 14.4 Å². The monoisotopic (exact) mass is 246 g/mol. The molecule has 5 heteroatoms. The van der Waals surface area contributed by atoms with Gasteiger partial charge in [-0.3, -0.25) is 0 Å². The number of benzene rings is 1. The third-order valence-electron chi connectivity index (χ3n) is 1.85. The van der Waals surface area contributed by atoms with Gasteiger partial charge < -0.3 is 10.0 Å². The van der Waals surface area contributed by atoms with Crippen LogP contribution in [0.2, 0.25) is 0 Å². The van der Waals surface area contributed by atoms with Crippen molar-refractivity contribution in [1.82, 2.24) is 0 Å². The quantitative estimate of drug-likeness (QED) is 0.760. The van der Waals surface area contributed by atoms with Crippen LogP contribution in [0.25, 0.3) is 0 Å². The van der Waals surface area contributed by atoms with E-state index in [1.807, 2.05) is 6.92 Å². The molecule has 0 spiro atoms. The van der Waals surface area contributed by atoms with E-state index in [1.54, 1.807) is 6.07 Å². The molecule has 0 bridgehead atoms. The Morgan fingerprint density at radius 3 is 2.54 bits per heavy atom. The first-order valence-corrected chi connectivity index (χ1v) is 4.70. The number of hydrogen-bond acceptors (Lipinski definition) is 2. The highest BCUT2D eigenvalue weighted by Crippen LogP contribution is 2.16. The second-order valence-corrected chi connectivity index (χ2v) is 3.45. The van der Waals surface area contributed by atoms with Gasteiger partial charge in [0, 0.05) is 9.94 Å². The van der Waals surface area contributed by atoms with Gasteiger partial charge in [0.05, 0.1) is 0 Å². The van der Waals surface area contributed by atoms with Crippen LogP contribution in [0, 0.1) is 5.82 Å². The average Bonchev–Trinajstić information content (AvgIpc) is 2.04. The van der Waals surface area contributed by atoms with Gasteiger partial charge in [0.2, 0.25) is 0 Å². The first-order valence-electron chi connectivity index (χ1n) is 3.90. The van der Waals surface area contributed by atoms with Crippen molar-refractivity contribution in [2.45, 2.75) is 13.3 Å². The van der Waals surface area contributed by atoms with E-state index in [4.69, 9.17) is 10.0 Å². The maximum absolute atomic E-state index is 13.1. The lowest BCUT2D eigenvalue weighted by Gasteiger charge is -2.08. The highest BCUT2D eigenvalue weighted by molar-refractivity contribution is 9.10. The molecular weight excluding hydrogens is 238 g/mol. The molecule has 0 amide bonds. The minimum atomic E-state index is -1.78.